The van der Waals surface area contributed by atoms with Crippen molar-refractivity contribution in [2.45, 2.75) is 13.5 Å². The molecule has 0 bridgehead atoms. The maximum absolute atomic E-state index is 12.2. The van der Waals surface area contributed by atoms with E-state index < -0.39 is 0 Å². The number of likely N-dealkylation sites (N-methyl/N-ethyl adjacent to an activating group) is 1. The summed E-state index contributed by atoms with van der Waals surface area (Å²) >= 11 is 18.2. The van der Waals surface area contributed by atoms with Crippen LogP contribution in [0, 0.1) is 6.92 Å². The first-order valence-corrected chi connectivity index (χ1v) is 8.17. The molecule has 0 aromatic heterocycles. The molecule has 2 rings (SSSR count). The number of carbonyl (C=O) groups is 1. The van der Waals surface area contributed by atoms with Gasteiger partial charge in [0.05, 0.1) is 22.3 Å². The first-order valence-electron chi connectivity index (χ1n) is 7.04. The Morgan fingerprint density at radius 2 is 1.74 bits per heavy atom. The highest BCUT2D eigenvalue weighted by molar-refractivity contribution is 6.40. The number of nitrogens with one attached hydrogen (secondary N) is 1. The van der Waals surface area contributed by atoms with E-state index in [0.29, 0.717) is 27.3 Å². The summed E-state index contributed by atoms with van der Waals surface area (Å²) in [5.74, 6) is -0.170. The highest BCUT2D eigenvalue weighted by Gasteiger charge is 2.13. The van der Waals surface area contributed by atoms with Crippen LogP contribution in [0.1, 0.15) is 11.1 Å². The number of carbonyl (C=O) groups excluding carboxylic acids is 1. The van der Waals surface area contributed by atoms with Crippen molar-refractivity contribution in [1.82, 2.24) is 4.90 Å². The van der Waals surface area contributed by atoms with Gasteiger partial charge in [-0.2, -0.15) is 0 Å². The number of nitrogens with zero attached hydrogens (tertiary/aromatic N) is 1. The van der Waals surface area contributed by atoms with Crippen LogP contribution in [-0.4, -0.2) is 24.4 Å². The van der Waals surface area contributed by atoms with E-state index in [-0.39, 0.29) is 12.5 Å². The SMILES string of the molecule is Cc1ccc(Cl)c(NC(=O)CN(C)Cc2ccc(Cl)cc2)c1Cl. The van der Waals surface area contributed by atoms with Crippen molar-refractivity contribution < 1.29 is 4.79 Å². The van der Waals surface area contributed by atoms with E-state index >= 15 is 0 Å². The lowest BCUT2D eigenvalue weighted by Gasteiger charge is -2.17. The lowest BCUT2D eigenvalue weighted by molar-refractivity contribution is -0.117. The quantitative estimate of drug-likeness (QED) is 0.800. The molecule has 0 heterocycles. The zero-order valence-corrected chi connectivity index (χ0v) is 15.1. The molecule has 0 aliphatic carbocycles. The Labute approximate surface area is 151 Å². The van der Waals surface area contributed by atoms with Crippen LogP contribution < -0.4 is 5.32 Å². The molecule has 0 spiro atoms. The number of halogens is 3. The normalized spacial score (nSPS) is 10.9. The van der Waals surface area contributed by atoms with Crippen LogP contribution in [0.25, 0.3) is 0 Å². The Bertz CT molecular complexity index is 702. The van der Waals surface area contributed by atoms with Gasteiger partial charge in [-0.1, -0.05) is 53.0 Å². The highest BCUT2D eigenvalue weighted by atomic mass is 35.5. The van der Waals surface area contributed by atoms with Gasteiger partial charge >= 0.3 is 0 Å². The fraction of sp³-hybridized carbons (Fsp3) is 0.235. The molecule has 0 aliphatic rings. The lowest BCUT2D eigenvalue weighted by atomic mass is 10.2. The average Bonchev–Trinajstić information content (AvgIpc) is 2.50. The van der Waals surface area contributed by atoms with Gasteiger partial charge in [0.1, 0.15) is 0 Å². The minimum Gasteiger partial charge on any atom is -0.322 e. The van der Waals surface area contributed by atoms with Crippen LogP contribution in [0.3, 0.4) is 0 Å². The first kappa shape index (κ1) is 18.1. The average molecular weight is 372 g/mol. The van der Waals surface area contributed by atoms with Gasteiger partial charge in [0.2, 0.25) is 5.91 Å². The van der Waals surface area contributed by atoms with Crippen LogP contribution in [-0.2, 0) is 11.3 Å². The van der Waals surface area contributed by atoms with E-state index in [1.807, 2.05) is 49.2 Å². The van der Waals surface area contributed by atoms with Crippen molar-refractivity contribution in [3.63, 3.8) is 0 Å². The molecular formula is C17H17Cl3N2O. The second kappa shape index (κ2) is 8.02. The molecule has 0 radical (unpaired) electrons. The fourth-order valence-corrected chi connectivity index (χ4v) is 2.74. The topological polar surface area (TPSA) is 32.3 Å². The highest BCUT2D eigenvalue weighted by Crippen LogP contribution is 2.32. The maximum Gasteiger partial charge on any atom is 0.238 e. The maximum atomic E-state index is 12.2. The third-order valence-corrected chi connectivity index (χ3v) is 4.38. The molecule has 0 unspecified atom stereocenters. The van der Waals surface area contributed by atoms with Crippen molar-refractivity contribution >= 4 is 46.4 Å². The zero-order chi connectivity index (χ0) is 17.0. The smallest absolute Gasteiger partial charge is 0.238 e. The van der Waals surface area contributed by atoms with Crippen LogP contribution in [0.15, 0.2) is 36.4 Å². The molecule has 122 valence electrons. The Hall–Kier alpha value is -1.26. The van der Waals surface area contributed by atoms with E-state index in [1.54, 1.807) is 6.07 Å². The van der Waals surface area contributed by atoms with Crippen LogP contribution in [0.4, 0.5) is 5.69 Å². The predicted octanol–water partition coefficient (Wildman–Crippen LogP) is 5.03. The fourth-order valence-electron chi connectivity index (χ4n) is 2.15. The number of hydrogen-bond donors (Lipinski definition) is 1. The molecule has 0 saturated heterocycles. The van der Waals surface area contributed by atoms with Gasteiger partial charge in [-0.05, 0) is 43.3 Å². The predicted molar refractivity (Wildman–Crippen MR) is 97.6 cm³/mol. The summed E-state index contributed by atoms with van der Waals surface area (Å²) in [4.78, 5) is 14.1. The summed E-state index contributed by atoms with van der Waals surface area (Å²) in [5, 5.41) is 4.36. The number of benzene rings is 2. The molecule has 6 heteroatoms. The Kier molecular flexibility index (Phi) is 6.31. The summed E-state index contributed by atoms with van der Waals surface area (Å²) in [7, 11) is 1.87. The zero-order valence-electron chi connectivity index (χ0n) is 12.9. The molecule has 0 aliphatic heterocycles. The van der Waals surface area contributed by atoms with Crippen molar-refractivity contribution in [3.8, 4) is 0 Å². The number of anilines is 1. The second-order valence-corrected chi connectivity index (χ2v) is 6.62. The van der Waals surface area contributed by atoms with Crippen molar-refractivity contribution in [2.75, 3.05) is 18.9 Å². The molecule has 0 atom stereocenters. The summed E-state index contributed by atoms with van der Waals surface area (Å²) < 4.78 is 0. The summed E-state index contributed by atoms with van der Waals surface area (Å²) in [6.45, 7) is 2.73. The largest absolute Gasteiger partial charge is 0.322 e. The Morgan fingerprint density at radius 3 is 2.39 bits per heavy atom. The van der Waals surface area contributed by atoms with Gasteiger partial charge in [0, 0.05) is 11.6 Å². The van der Waals surface area contributed by atoms with Gasteiger partial charge in [-0.3, -0.25) is 9.69 Å². The van der Waals surface area contributed by atoms with Crippen molar-refractivity contribution in [3.05, 3.63) is 62.6 Å². The number of rotatable bonds is 5. The second-order valence-electron chi connectivity index (χ2n) is 5.40. The van der Waals surface area contributed by atoms with Gasteiger partial charge in [0.25, 0.3) is 0 Å². The van der Waals surface area contributed by atoms with Crippen molar-refractivity contribution in [2.24, 2.45) is 0 Å². The minimum atomic E-state index is -0.170. The van der Waals surface area contributed by atoms with Gasteiger partial charge < -0.3 is 5.32 Å². The molecular weight excluding hydrogens is 355 g/mol. The summed E-state index contributed by atoms with van der Waals surface area (Å²) in [5.41, 5.74) is 2.40. The van der Waals surface area contributed by atoms with Crippen LogP contribution in [0.2, 0.25) is 15.1 Å². The number of hydrogen-bond acceptors (Lipinski definition) is 2. The monoisotopic (exact) mass is 370 g/mol. The molecule has 1 amide bonds. The molecule has 1 N–H and O–H groups in total. The molecule has 2 aromatic carbocycles. The summed E-state index contributed by atoms with van der Waals surface area (Å²) in [6.07, 6.45) is 0. The number of aryl methyl sites for hydroxylation is 1. The molecule has 3 nitrogen and oxygen atoms in total. The molecule has 0 fully saturated rings. The minimum absolute atomic E-state index is 0.170. The first-order chi connectivity index (χ1) is 10.9. The van der Waals surface area contributed by atoms with E-state index in [9.17, 15) is 4.79 Å². The van der Waals surface area contributed by atoms with E-state index in [1.165, 1.54) is 0 Å². The summed E-state index contributed by atoms with van der Waals surface area (Å²) in [6, 6.07) is 11.1. The lowest BCUT2D eigenvalue weighted by Crippen LogP contribution is -2.30. The Morgan fingerprint density at radius 1 is 1.09 bits per heavy atom. The standard InChI is InChI=1S/C17H17Cl3N2O/c1-11-3-8-14(19)17(16(11)20)21-15(23)10-22(2)9-12-4-6-13(18)7-5-12/h3-8H,9-10H2,1-2H3,(H,21,23). The van der Waals surface area contributed by atoms with Crippen LogP contribution in [0.5, 0.6) is 0 Å². The van der Waals surface area contributed by atoms with E-state index in [2.05, 4.69) is 5.32 Å². The molecule has 0 saturated carbocycles. The van der Waals surface area contributed by atoms with Crippen LogP contribution >= 0.6 is 34.8 Å². The van der Waals surface area contributed by atoms with E-state index in [4.69, 9.17) is 34.8 Å². The third kappa shape index (κ3) is 5.11. The number of amides is 1. The van der Waals surface area contributed by atoms with Gasteiger partial charge in [0.15, 0.2) is 0 Å². The Balaban J connectivity index is 1.97. The molecule has 2 aromatic rings. The van der Waals surface area contributed by atoms with Gasteiger partial charge in [-0.25, -0.2) is 0 Å². The third-order valence-electron chi connectivity index (χ3n) is 3.33. The molecule has 23 heavy (non-hydrogen) atoms. The van der Waals surface area contributed by atoms with Gasteiger partial charge in [-0.15, -0.1) is 0 Å². The van der Waals surface area contributed by atoms with Crippen molar-refractivity contribution in [1.29, 1.82) is 0 Å². The van der Waals surface area contributed by atoms with E-state index in [0.717, 1.165) is 11.1 Å².